The average molecular weight is 315 g/mol. The molecular formula is C20H42O2. The van der Waals surface area contributed by atoms with E-state index in [0.29, 0.717) is 6.61 Å². The van der Waals surface area contributed by atoms with Crippen LogP contribution in [0.2, 0.25) is 0 Å². The van der Waals surface area contributed by atoms with Gasteiger partial charge in [-0.25, -0.2) is 0 Å². The summed E-state index contributed by atoms with van der Waals surface area (Å²) in [6.45, 7) is 11.6. The van der Waals surface area contributed by atoms with Crippen molar-refractivity contribution < 1.29 is 9.84 Å². The van der Waals surface area contributed by atoms with Gasteiger partial charge in [-0.1, -0.05) is 85.5 Å². The van der Waals surface area contributed by atoms with Gasteiger partial charge in [0.1, 0.15) is 0 Å². The number of unbranched alkanes of at least 4 members (excludes halogenated alkanes) is 7. The minimum absolute atomic E-state index is 0.203. The van der Waals surface area contributed by atoms with Crippen LogP contribution < -0.4 is 0 Å². The van der Waals surface area contributed by atoms with Crippen molar-refractivity contribution in [2.75, 3.05) is 6.61 Å². The molecule has 0 spiro atoms. The number of ether oxygens (including phenoxy) is 1. The van der Waals surface area contributed by atoms with Crippen molar-refractivity contribution in [1.82, 2.24) is 0 Å². The van der Waals surface area contributed by atoms with Crippen LogP contribution in [0, 0.1) is 11.3 Å². The fraction of sp³-hybridized carbons (Fsp3) is 1.00. The van der Waals surface area contributed by atoms with Gasteiger partial charge in [0, 0.05) is 12.5 Å². The van der Waals surface area contributed by atoms with Gasteiger partial charge in [-0.3, -0.25) is 0 Å². The van der Waals surface area contributed by atoms with Crippen molar-refractivity contribution in [3.05, 3.63) is 0 Å². The second-order valence-electron chi connectivity index (χ2n) is 7.26. The van der Waals surface area contributed by atoms with Gasteiger partial charge in [-0.2, -0.15) is 0 Å². The summed E-state index contributed by atoms with van der Waals surface area (Å²) in [7, 11) is 0. The summed E-state index contributed by atoms with van der Waals surface area (Å²) in [5.74, 6) is 0.209. The molecule has 3 atom stereocenters. The van der Waals surface area contributed by atoms with Gasteiger partial charge in [0.05, 0.1) is 0 Å². The summed E-state index contributed by atoms with van der Waals surface area (Å²) in [6, 6.07) is 0. The molecule has 0 amide bonds. The van der Waals surface area contributed by atoms with E-state index in [1.165, 1.54) is 70.6 Å². The molecule has 0 fully saturated rings. The first-order chi connectivity index (χ1) is 10.5. The lowest BCUT2D eigenvalue weighted by molar-refractivity contribution is -0.156. The lowest BCUT2D eigenvalue weighted by Gasteiger charge is -2.38. The zero-order chi connectivity index (χ0) is 16.8. The summed E-state index contributed by atoms with van der Waals surface area (Å²) in [6.07, 6.45) is 13.6. The molecule has 0 aliphatic carbocycles. The summed E-state index contributed by atoms with van der Waals surface area (Å²) in [5.41, 5.74) is 0.203. The molecule has 0 saturated carbocycles. The number of hydrogen-bond donors (Lipinski definition) is 1. The van der Waals surface area contributed by atoms with E-state index >= 15 is 0 Å². The van der Waals surface area contributed by atoms with Crippen molar-refractivity contribution in [1.29, 1.82) is 0 Å². The fourth-order valence-electron chi connectivity index (χ4n) is 3.33. The SMILES string of the molecule is CCCCCCCC(C)(CCCCCC)[C@@H](C)[C@H](O)OCC. The molecule has 1 unspecified atom stereocenters. The van der Waals surface area contributed by atoms with E-state index in [-0.39, 0.29) is 11.3 Å². The Bertz CT molecular complexity index is 242. The van der Waals surface area contributed by atoms with Gasteiger partial charge in [-0.15, -0.1) is 0 Å². The van der Waals surface area contributed by atoms with Crippen molar-refractivity contribution in [2.24, 2.45) is 11.3 Å². The Morgan fingerprint density at radius 3 is 1.73 bits per heavy atom. The van der Waals surface area contributed by atoms with Crippen molar-refractivity contribution in [3.63, 3.8) is 0 Å². The summed E-state index contributed by atoms with van der Waals surface area (Å²) in [5, 5.41) is 10.3. The fourth-order valence-corrected chi connectivity index (χ4v) is 3.33. The molecule has 0 aromatic carbocycles. The van der Waals surface area contributed by atoms with Crippen molar-refractivity contribution in [3.8, 4) is 0 Å². The second-order valence-corrected chi connectivity index (χ2v) is 7.26. The van der Waals surface area contributed by atoms with Crippen LogP contribution in [0.25, 0.3) is 0 Å². The Labute approximate surface area is 140 Å². The van der Waals surface area contributed by atoms with E-state index in [1.807, 2.05) is 6.92 Å². The second kappa shape index (κ2) is 13.4. The molecule has 0 aromatic heterocycles. The maximum atomic E-state index is 10.3. The Morgan fingerprint density at radius 2 is 1.27 bits per heavy atom. The first-order valence-electron chi connectivity index (χ1n) is 9.81. The van der Waals surface area contributed by atoms with Crippen molar-refractivity contribution >= 4 is 0 Å². The molecule has 0 aromatic rings. The third-order valence-electron chi connectivity index (χ3n) is 5.32. The first kappa shape index (κ1) is 21.9. The Hall–Kier alpha value is -0.0800. The maximum absolute atomic E-state index is 10.3. The summed E-state index contributed by atoms with van der Waals surface area (Å²) < 4.78 is 5.48. The zero-order valence-corrected chi connectivity index (χ0v) is 16.0. The van der Waals surface area contributed by atoms with E-state index in [2.05, 4.69) is 27.7 Å². The third-order valence-corrected chi connectivity index (χ3v) is 5.32. The minimum Gasteiger partial charge on any atom is -0.368 e. The highest BCUT2D eigenvalue weighted by atomic mass is 16.6. The number of hydrogen-bond acceptors (Lipinski definition) is 2. The highest BCUT2D eigenvalue weighted by molar-refractivity contribution is 4.82. The van der Waals surface area contributed by atoms with Crippen LogP contribution in [0.1, 0.15) is 105 Å². The van der Waals surface area contributed by atoms with Gasteiger partial charge in [0.15, 0.2) is 6.29 Å². The maximum Gasteiger partial charge on any atom is 0.157 e. The van der Waals surface area contributed by atoms with Gasteiger partial charge < -0.3 is 9.84 Å². The van der Waals surface area contributed by atoms with Gasteiger partial charge in [0.25, 0.3) is 0 Å². The van der Waals surface area contributed by atoms with E-state index in [4.69, 9.17) is 4.74 Å². The van der Waals surface area contributed by atoms with Crippen LogP contribution in [0.3, 0.4) is 0 Å². The molecule has 0 aliphatic heterocycles. The standard InChI is InChI=1S/C20H42O2/c1-6-9-11-13-15-17-20(5,16-14-12-10-7-2)18(4)19(21)22-8-3/h18-19,21H,6-17H2,1-5H3/t18-,19+,20?/m0/s1. The Kier molecular flexibility index (Phi) is 13.3. The molecule has 134 valence electrons. The highest BCUT2D eigenvalue weighted by Gasteiger charge is 2.34. The van der Waals surface area contributed by atoms with Crippen LogP contribution in [-0.4, -0.2) is 18.0 Å². The number of aliphatic hydroxyl groups is 1. The molecule has 2 heteroatoms. The molecule has 0 rings (SSSR count). The zero-order valence-electron chi connectivity index (χ0n) is 16.0. The predicted molar refractivity (Wildman–Crippen MR) is 97.0 cm³/mol. The average Bonchev–Trinajstić information content (AvgIpc) is 2.51. The lowest BCUT2D eigenvalue weighted by atomic mass is 9.70. The Morgan fingerprint density at radius 1 is 0.818 bits per heavy atom. The highest BCUT2D eigenvalue weighted by Crippen LogP contribution is 2.40. The lowest BCUT2D eigenvalue weighted by Crippen LogP contribution is -2.36. The molecule has 2 nitrogen and oxygen atoms in total. The normalized spacial score (nSPS) is 17.2. The predicted octanol–water partition coefficient (Wildman–Crippen LogP) is 6.31. The largest absolute Gasteiger partial charge is 0.368 e. The minimum atomic E-state index is -0.614. The summed E-state index contributed by atoms with van der Waals surface area (Å²) in [4.78, 5) is 0. The van der Waals surface area contributed by atoms with E-state index < -0.39 is 6.29 Å². The third kappa shape index (κ3) is 9.15. The summed E-state index contributed by atoms with van der Waals surface area (Å²) >= 11 is 0. The molecule has 0 radical (unpaired) electrons. The van der Waals surface area contributed by atoms with Crippen molar-refractivity contribution in [2.45, 2.75) is 112 Å². The van der Waals surface area contributed by atoms with Gasteiger partial charge in [0.2, 0.25) is 0 Å². The van der Waals surface area contributed by atoms with Crippen LogP contribution >= 0.6 is 0 Å². The molecular weight excluding hydrogens is 272 g/mol. The van der Waals surface area contributed by atoms with Crippen LogP contribution in [0.5, 0.6) is 0 Å². The number of aliphatic hydroxyl groups excluding tert-OH is 1. The number of rotatable bonds is 15. The topological polar surface area (TPSA) is 29.5 Å². The molecule has 0 aliphatic rings. The van der Waals surface area contributed by atoms with Gasteiger partial charge in [-0.05, 0) is 25.2 Å². The van der Waals surface area contributed by atoms with Crippen LogP contribution in [0.4, 0.5) is 0 Å². The molecule has 0 bridgehead atoms. The first-order valence-corrected chi connectivity index (χ1v) is 9.81. The molecule has 22 heavy (non-hydrogen) atoms. The quantitative estimate of drug-likeness (QED) is 0.283. The molecule has 0 saturated heterocycles. The van der Waals surface area contributed by atoms with Crippen LogP contribution in [0.15, 0.2) is 0 Å². The smallest absolute Gasteiger partial charge is 0.157 e. The molecule has 0 heterocycles. The van der Waals surface area contributed by atoms with E-state index in [1.54, 1.807) is 0 Å². The van der Waals surface area contributed by atoms with E-state index in [9.17, 15) is 5.11 Å². The van der Waals surface area contributed by atoms with E-state index in [0.717, 1.165) is 0 Å². The Balaban J connectivity index is 4.45. The van der Waals surface area contributed by atoms with Gasteiger partial charge >= 0.3 is 0 Å². The molecule has 1 N–H and O–H groups in total. The van der Waals surface area contributed by atoms with Crippen LogP contribution in [-0.2, 0) is 4.74 Å². The monoisotopic (exact) mass is 314 g/mol.